The Morgan fingerprint density at radius 1 is 1.17 bits per heavy atom. The van der Waals surface area contributed by atoms with Gasteiger partial charge in [-0.15, -0.1) is 0 Å². The SMILES string of the molecule is NC(=O)CN1CCC[C@H](c2cccc(Cc3ccccc3)n2)C1. The molecule has 120 valence electrons. The number of nitrogens with two attached hydrogens (primary N) is 1. The smallest absolute Gasteiger partial charge is 0.231 e. The van der Waals surface area contributed by atoms with Gasteiger partial charge in [-0.25, -0.2) is 0 Å². The first kappa shape index (κ1) is 15.7. The largest absolute Gasteiger partial charge is 0.369 e. The lowest BCUT2D eigenvalue weighted by Gasteiger charge is -2.31. The monoisotopic (exact) mass is 309 g/mol. The Labute approximate surface area is 137 Å². The standard InChI is InChI=1S/C19H23N3O/c20-19(23)14-22-11-5-8-16(13-22)18-10-4-9-17(21-18)12-15-6-2-1-3-7-15/h1-4,6-7,9-10,16H,5,8,11-14H2,(H2,20,23)/t16-/m0/s1. The van der Waals surface area contributed by atoms with Crippen molar-refractivity contribution in [2.24, 2.45) is 5.73 Å². The molecule has 2 aromatic rings. The van der Waals surface area contributed by atoms with E-state index in [1.807, 2.05) is 6.07 Å². The van der Waals surface area contributed by atoms with E-state index in [0.717, 1.165) is 43.7 Å². The normalized spacial score (nSPS) is 18.7. The molecule has 1 atom stereocenters. The van der Waals surface area contributed by atoms with Crippen molar-refractivity contribution in [3.63, 3.8) is 0 Å². The molecule has 1 saturated heterocycles. The van der Waals surface area contributed by atoms with E-state index in [4.69, 9.17) is 10.7 Å². The Morgan fingerprint density at radius 3 is 2.78 bits per heavy atom. The first-order valence-electron chi connectivity index (χ1n) is 8.21. The number of pyridine rings is 1. The molecule has 2 heterocycles. The molecule has 23 heavy (non-hydrogen) atoms. The second kappa shape index (κ2) is 7.38. The minimum atomic E-state index is -0.253. The fourth-order valence-corrected chi connectivity index (χ4v) is 3.29. The molecule has 0 saturated carbocycles. The molecule has 2 N–H and O–H groups in total. The molecular weight excluding hydrogens is 286 g/mol. The van der Waals surface area contributed by atoms with E-state index >= 15 is 0 Å². The number of benzene rings is 1. The van der Waals surface area contributed by atoms with Gasteiger partial charge in [-0.05, 0) is 37.1 Å². The lowest BCUT2D eigenvalue weighted by molar-refractivity contribution is -0.119. The maximum Gasteiger partial charge on any atom is 0.231 e. The van der Waals surface area contributed by atoms with E-state index in [0.29, 0.717) is 12.5 Å². The Balaban J connectivity index is 1.70. The van der Waals surface area contributed by atoms with Crippen LogP contribution in [0.4, 0.5) is 0 Å². The van der Waals surface area contributed by atoms with Crippen molar-refractivity contribution in [2.45, 2.75) is 25.2 Å². The second-order valence-electron chi connectivity index (χ2n) is 6.26. The van der Waals surface area contributed by atoms with E-state index in [1.165, 1.54) is 5.56 Å². The van der Waals surface area contributed by atoms with E-state index in [2.05, 4.69) is 47.4 Å². The molecule has 1 aromatic carbocycles. The number of primary amides is 1. The number of nitrogens with zero attached hydrogens (tertiary/aromatic N) is 2. The van der Waals surface area contributed by atoms with Crippen molar-refractivity contribution in [3.05, 3.63) is 65.5 Å². The summed E-state index contributed by atoms with van der Waals surface area (Å²) in [6.07, 6.45) is 3.06. The first-order valence-corrected chi connectivity index (χ1v) is 8.21. The first-order chi connectivity index (χ1) is 11.2. The summed E-state index contributed by atoms with van der Waals surface area (Å²) < 4.78 is 0. The number of amides is 1. The van der Waals surface area contributed by atoms with Crippen molar-refractivity contribution in [1.82, 2.24) is 9.88 Å². The number of aromatic nitrogens is 1. The van der Waals surface area contributed by atoms with Crippen LogP contribution in [0.1, 0.15) is 35.7 Å². The van der Waals surface area contributed by atoms with Crippen LogP contribution in [0.15, 0.2) is 48.5 Å². The maximum absolute atomic E-state index is 11.1. The molecule has 4 heteroatoms. The van der Waals surface area contributed by atoms with Crippen LogP contribution in [-0.2, 0) is 11.2 Å². The average Bonchev–Trinajstić information content (AvgIpc) is 2.56. The molecule has 0 bridgehead atoms. The summed E-state index contributed by atoms with van der Waals surface area (Å²) >= 11 is 0. The highest BCUT2D eigenvalue weighted by molar-refractivity contribution is 5.75. The molecule has 3 rings (SSSR count). The number of carbonyl (C=O) groups excluding carboxylic acids is 1. The summed E-state index contributed by atoms with van der Waals surface area (Å²) in [5, 5.41) is 0. The second-order valence-corrected chi connectivity index (χ2v) is 6.26. The van der Waals surface area contributed by atoms with Crippen LogP contribution in [0.2, 0.25) is 0 Å². The van der Waals surface area contributed by atoms with Crippen molar-refractivity contribution in [1.29, 1.82) is 0 Å². The Kier molecular flexibility index (Phi) is 5.03. The van der Waals surface area contributed by atoms with Crippen molar-refractivity contribution in [3.8, 4) is 0 Å². The van der Waals surface area contributed by atoms with Crippen LogP contribution in [0.25, 0.3) is 0 Å². The minimum Gasteiger partial charge on any atom is -0.369 e. The number of rotatable bonds is 5. The third-order valence-corrected chi connectivity index (χ3v) is 4.36. The van der Waals surface area contributed by atoms with Crippen molar-refractivity contribution < 1.29 is 4.79 Å². The zero-order valence-corrected chi connectivity index (χ0v) is 13.3. The predicted molar refractivity (Wildman–Crippen MR) is 91.1 cm³/mol. The minimum absolute atomic E-state index is 0.253. The van der Waals surface area contributed by atoms with Crippen LogP contribution in [-0.4, -0.2) is 35.4 Å². The third kappa shape index (κ3) is 4.39. The molecule has 0 spiro atoms. The Bertz CT molecular complexity index is 657. The predicted octanol–water partition coefficient (Wildman–Crippen LogP) is 2.34. The summed E-state index contributed by atoms with van der Waals surface area (Å²) in [4.78, 5) is 18.1. The van der Waals surface area contributed by atoms with Crippen LogP contribution < -0.4 is 5.73 Å². The van der Waals surface area contributed by atoms with Crippen LogP contribution in [0.5, 0.6) is 0 Å². The highest BCUT2D eigenvalue weighted by atomic mass is 16.1. The number of hydrogen-bond donors (Lipinski definition) is 1. The van der Waals surface area contributed by atoms with Gasteiger partial charge in [-0.3, -0.25) is 14.7 Å². The zero-order valence-electron chi connectivity index (χ0n) is 13.3. The van der Waals surface area contributed by atoms with Gasteiger partial charge >= 0.3 is 0 Å². The van der Waals surface area contributed by atoms with Gasteiger partial charge in [0.1, 0.15) is 0 Å². The van der Waals surface area contributed by atoms with Gasteiger partial charge in [0.15, 0.2) is 0 Å². The Hall–Kier alpha value is -2.20. The van der Waals surface area contributed by atoms with Gasteiger partial charge in [-0.1, -0.05) is 36.4 Å². The topological polar surface area (TPSA) is 59.2 Å². The fourth-order valence-electron chi connectivity index (χ4n) is 3.29. The van der Waals surface area contributed by atoms with Crippen LogP contribution in [0.3, 0.4) is 0 Å². The summed E-state index contributed by atoms with van der Waals surface area (Å²) in [6, 6.07) is 16.7. The summed E-state index contributed by atoms with van der Waals surface area (Å²) in [5.41, 5.74) is 8.83. The molecule has 1 fully saturated rings. The summed E-state index contributed by atoms with van der Waals surface area (Å²) in [6.45, 7) is 2.16. The quantitative estimate of drug-likeness (QED) is 0.922. The van der Waals surface area contributed by atoms with Gasteiger partial charge in [0, 0.05) is 30.3 Å². The van der Waals surface area contributed by atoms with Crippen LogP contribution >= 0.6 is 0 Å². The van der Waals surface area contributed by atoms with Gasteiger partial charge in [0.05, 0.1) is 6.54 Å². The number of likely N-dealkylation sites (tertiary alicyclic amines) is 1. The van der Waals surface area contributed by atoms with Crippen molar-refractivity contribution in [2.75, 3.05) is 19.6 Å². The van der Waals surface area contributed by atoms with E-state index in [9.17, 15) is 4.79 Å². The zero-order chi connectivity index (χ0) is 16.1. The molecule has 1 aliphatic heterocycles. The molecule has 1 amide bonds. The third-order valence-electron chi connectivity index (χ3n) is 4.36. The molecular formula is C19H23N3O. The number of carbonyl (C=O) groups is 1. The van der Waals surface area contributed by atoms with E-state index in [-0.39, 0.29) is 5.91 Å². The lowest BCUT2D eigenvalue weighted by Crippen LogP contribution is -2.40. The molecule has 0 aliphatic carbocycles. The van der Waals surface area contributed by atoms with Crippen LogP contribution in [0, 0.1) is 0 Å². The molecule has 4 nitrogen and oxygen atoms in total. The van der Waals surface area contributed by atoms with E-state index in [1.54, 1.807) is 0 Å². The highest BCUT2D eigenvalue weighted by Crippen LogP contribution is 2.25. The number of piperidine rings is 1. The van der Waals surface area contributed by atoms with Gasteiger partial charge in [0.25, 0.3) is 0 Å². The van der Waals surface area contributed by atoms with Gasteiger partial charge in [-0.2, -0.15) is 0 Å². The van der Waals surface area contributed by atoms with Gasteiger partial charge in [0.2, 0.25) is 5.91 Å². The highest BCUT2D eigenvalue weighted by Gasteiger charge is 2.23. The molecule has 0 radical (unpaired) electrons. The maximum atomic E-state index is 11.1. The Morgan fingerprint density at radius 2 is 2.00 bits per heavy atom. The number of hydrogen-bond acceptors (Lipinski definition) is 3. The lowest BCUT2D eigenvalue weighted by atomic mass is 9.94. The molecule has 1 aromatic heterocycles. The summed E-state index contributed by atoms with van der Waals surface area (Å²) in [7, 11) is 0. The van der Waals surface area contributed by atoms with E-state index < -0.39 is 0 Å². The summed E-state index contributed by atoms with van der Waals surface area (Å²) in [5.74, 6) is 0.135. The fraction of sp³-hybridized carbons (Fsp3) is 0.368. The van der Waals surface area contributed by atoms with Crippen molar-refractivity contribution >= 4 is 5.91 Å². The molecule has 0 unspecified atom stereocenters. The average molecular weight is 309 g/mol. The molecule has 1 aliphatic rings. The van der Waals surface area contributed by atoms with Gasteiger partial charge < -0.3 is 5.73 Å².